The van der Waals surface area contributed by atoms with E-state index in [0.29, 0.717) is 22.4 Å². The van der Waals surface area contributed by atoms with Crippen molar-refractivity contribution >= 4 is 34.8 Å². The van der Waals surface area contributed by atoms with Gasteiger partial charge in [-0.1, -0.05) is 13.8 Å². The van der Waals surface area contributed by atoms with Gasteiger partial charge in [0.15, 0.2) is 5.78 Å². The van der Waals surface area contributed by atoms with Crippen molar-refractivity contribution < 1.29 is 14.7 Å². The molecule has 25 heavy (non-hydrogen) atoms. The molecule has 7 heteroatoms. The summed E-state index contributed by atoms with van der Waals surface area (Å²) in [5.74, 6) is -0.110. The van der Waals surface area contributed by atoms with Gasteiger partial charge in [-0.2, -0.15) is 0 Å². The summed E-state index contributed by atoms with van der Waals surface area (Å²) in [7, 11) is 2.06. The summed E-state index contributed by atoms with van der Waals surface area (Å²) in [5, 5.41) is 9.56. The number of hydrogen-bond acceptors (Lipinski definition) is 6. The van der Waals surface area contributed by atoms with E-state index < -0.39 is 5.41 Å². The predicted molar refractivity (Wildman–Crippen MR) is 102 cm³/mol. The Balaban J connectivity index is 2.04. The van der Waals surface area contributed by atoms with Gasteiger partial charge in [-0.25, -0.2) is 0 Å². The highest BCUT2D eigenvalue weighted by atomic mass is 32.2. The Kier molecular flexibility index (Phi) is 5.01. The predicted octanol–water partition coefficient (Wildman–Crippen LogP) is 3.06. The van der Waals surface area contributed by atoms with Crippen molar-refractivity contribution in [1.82, 2.24) is 9.80 Å². The van der Waals surface area contributed by atoms with Gasteiger partial charge in [0.1, 0.15) is 0 Å². The first-order valence-corrected chi connectivity index (χ1v) is 10.4. The Morgan fingerprint density at radius 3 is 2.48 bits per heavy atom. The summed E-state index contributed by atoms with van der Waals surface area (Å²) in [6.07, 6.45) is 3.45. The van der Waals surface area contributed by atoms with Gasteiger partial charge < -0.3 is 14.9 Å². The van der Waals surface area contributed by atoms with Crippen LogP contribution < -0.4 is 0 Å². The first-order chi connectivity index (χ1) is 11.8. The highest BCUT2D eigenvalue weighted by Gasteiger charge is 2.42. The Morgan fingerprint density at radius 2 is 1.92 bits per heavy atom. The van der Waals surface area contributed by atoms with Crippen molar-refractivity contribution in [2.45, 2.75) is 24.5 Å². The zero-order chi connectivity index (χ0) is 18.4. The maximum atomic E-state index is 13.1. The highest BCUT2D eigenvalue weighted by Crippen LogP contribution is 2.47. The fraction of sp³-hybridized carbons (Fsp3) is 0.556. The summed E-state index contributed by atoms with van der Waals surface area (Å²) in [6.45, 7) is 7.06. The van der Waals surface area contributed by atoms with Crippen LogP contribution in [-0.2, 0) is 6.42 Å². The van der Waals surface area contributed by atoms with E-state index in [-0.39, 0.29) is 11.7 Å². The molecule has 1 amide bonds. The van der Waals surface area contributed by atoms with Gasteiger partial charge >= 0.3 is 0 Å². The van der Waals surface area contributed by atoms with Gasteiger partial charge in [0.05, 0.1) is 20.9 Å². The van der Waals surface area contributed by atoms with Gasteiger partial charge in [0.2, 0.25) is 0 Å². The molecule has 2 aliphatic rings. The lowest BCUT2D eigenvalue weighted by molar-refractivity contribution is 0.0667. The molecular formula is C18H24N2O3S2. The summed E-state index contributed by atoms with van der Waals surface area (Å²) in [4.78, 5) is 30.8. The maximum absolute atomic E-state index is 13.1. The number of carbonyl (C=O) groups excluding carboxylic acids is 2. The normalized spacial score (nSPS) is 22.3. The molecule has 0 atom stereocenters. The van der Waals surface area contributed by atoms with Crippen LogP contribution in [0.2, 0.25) is 0 Å². The molecule has 1 N–H and O–H groups in total. The number of nitrogens with zero attached hydrogens (tertiary/aromatic N) is 2. The van der Waals surface area contributed by atoms with Crippen LogP contribution in [0.15, 0.2) is 16.0 Å². The number of allylic oxidation sites excluding steroid dienone is 1. The van der Waals surface area contributed by atoms with Crippen LogP contribution in [0.5, 0.6) is 0 Å². The Morgan fingerprint density at radius 1 is 1.28 bits per heavy atom. The molecule has 0 radical (unpaired) electrons. The second-order valence-corrected chi connectivity index (χ2v) is 9.40. The summed E-state index contributed by atoms with van der Waals surface area (Å²) in [5.41, 5.74) is 1.42. The third-order valence-electron chi connectivity index (χ3n) is 5.09. The molecule has 5 nitrogen and oxygen atoms in total. The number of hydrogen-bond donors (Lipinski definition) is 1. The average molecular weight is 381 g/mol. The topological polar surface area (TPSA) is 60.9 Å². The molecule has 1 saturated heterocycles. The van der Waals surface area contributed by atoms with Gasteiger partial charge in [-0.15, -0.1) is 23.1 Å². The number of piperazine rings is 1. The molecule has 1 aromatic rings. The number of carbonyl (C=O) groups is 2. The monoisotopic (exact) mass is 380 g/mol. The van der Waals surface area contributed by atoms with Crippen LogP contribution in [0.1, 0.15) is 39.4 Å². The minimum Gasteiger partial charge on any atom is -0.515 e. The van der Waals surface area contributed by atoms with E-state index in [4.69, 9.17) is 0 Å². The average Bonchev–Trinajstić information content (AvgIpc) is 2.92. The first kappa shape index (κ1) is 18.5. The van der Waals surface area contributed by atoms with Crippen molar-refractivity contribution in [3.8, 4) is 0 Å². The highest BCUT2D eigenvalue weighted by molar-refractivity contribution is 8.00. The van der Waals surface area contributed by atoms with Crippen LogP contribution in [-0.4, -0.2) is 66.1 Å². The molecule has 2 heterocycles. The summed E-state index contributed by atoms with van der Waals surface area (Å²) < 4.78 is 0.868. The molecule has 1 aliphatic heterocycles. The van der Waals surface area contributed by atoms with E-state index in [1.807, 2.05) is 25.0 Å². The fourth-order valence-corrected chi connectivity index (χ4v) is 5.54. The lowest BCUT2D eigenvalue weighted by Gasteiger charge is -2.34. The maximum Gasteiger partial charge on any atom is 0.264 e. The second-order valence-electron chi connectivity index (χ2n) is 7.30. The molecule has 0 saturated carbocycles. The molecule has 1 aromatic heterocycles. The minimum atomic E-state index is -0.479. The number of likely N-dealkylation sites (N-methyl/N-ethyl adjacent to an activating group) is 1. The number of aliphatic hydroxyl groups is 1. The van der Waals surface area contributed by atoms with E-state index in [2.05, 4.69) is 11.9 Å². The fourth-order valence-electron chi connectivity index (χ4n) is 3.52. The third kappa shape index (κ3) is 3.13. The van der Waals surface area contributed by atoms with E-state index in [1.165, 1.54) is 23.1 Å². The zero-order valence-corrected chi connectivity index (χ0v) is 16.7. The van der Waals surface area contributed by atoms with Crippen LogP contribution >= 0.6 is 23.1 Å². The largest absolute Gasteiger partial charge is 0.515 e. The molecule has 0 bridgehead atoms. The number of rotatable bonds is 2. The lowest BCUT2D eigenvalue weighted by Crippen LogP contribution is -2.47. The van der Waals surface area contributed by atoms with Gasteiger partial charge in [0.25, 0.3) is 5.91 Å². The Hall–Kier alpha value is -1.31. The Labute approximate surface area is 156 Å². The SMILES string of the molecule is CSc1sc(C(=O)N2CCN(C)CC2)c2c1C(=O)/C(=C/O)C(C)(C)C2. The van der Waals surface area contributed by atoms with Crippen LogP contribution in [0.4, 0.5) is 0 Å². The number of aliphatic hydroxyl groups excluding tert-OH is 1. The molecule has 0 spiro atoms. The summed E-state index contributed by atoms with van der Waals surface area (Å²) >= 11 is 2.92. The van der Waals surface area contributed by atoms with E-state index >= 15 is 0 Å². The van der Waals surface area contributed by atoms with Crippen LogP contribution in [0, 0.1) is 5.41 Å². The number of amides is 1. The third-order valence-corrected chi connectivity index (χ3v) is 7.43. The zero-order valence-electron chi connectivity index (χ0n) is 15.1. The van der Waals surface area contributed by atoms with Crippen molar-refractivity contribution in [3.63, 3.8) is 0 Å². The summed E-state index contributed by atoms with van der Waals surface area (Å²) in [6, 6.07) is 0. The van der Waals surface area contributed by atoms with Crippen molar-refractivity contribution in [2.24, 2.45) is 5.41 Å². The number of fused-ring (bicyclic) bond motifs is 1. The lowest BCUT2D eigenvalue weighted by atomic mass is 9.71. The Bertz CT molecular complexity index is 744. The van der Waals surface area contributed by atoms with Gasteiger partial charge in [-0.3, -0.25) is 9.59 Å². The number of ketones is 1. The smallest absolute Gasteiger partial charge is 0.264 e. The standard InChI is InChI=1S/C18H24N2O3S2/c1-18(2)9-11-13(14(22)12(18)10-21)17(24-4)25-15(11)16(23)20-7-5-19(3)6-8-20/h10,21H,5-9H2,1-4H3/b12-10-. The van der Waals surface area contributed by atoms with Gasteiger partial charge in [0, 0.05) is 37.2 Å². The molecule has 0 unspecified atom stereocenters. The minimum absolute atomic E-state index is 0.0367. The number of thioether (sulfide) groups is 1. The van der Waals surface area contributed by atoms with Gasteiger partial charge in [-0.05, 0) is 25.3 Å². The van der Waals surface area contributed by atoms with Crippen molar-refractivity contribution in [3.05, 3.63) is 27.8 Å². The molecule has 0 aromatic carbocycles. The molecule has 1 fully saturated rings. The molecule has 1 aliphatic carbocycles. The number of thiophene rings is 1. The van der Waals surface area contributed by atoms with E-state index in [1.54, 1.807) is 0 Å². The van der Waals surface area contributed by atoms with Crippen LogP contribution in [0.25, 0.3) is 0 Å². The van der Waals surface area contributed by atoms with Crippen LogP contribution in [0.3, 0.4) is 0 Å². The molecular weight excluding hydrogens is 356 g/mol. The van der Waals surface area contributed by atoms with E-state index in [9.17, 15) is 14.7 Å². The number of Topliss-reactive ketones (excluding diaryl/α,β-unsaturated/α-hetero) is 1. The van der Waals surface area contributed by atoms with E-state index in [0.717, 1.165) is 42.2 Å². The first-order valence-electron chi connectivity index (χ1n) is 8.37. The van der Waals surface area contributed by atoms with Crippen molar-refractivity contribution in [1.29, 1.82) is 0 Å². The molecule has 3 rings (SSSR count). The second kappa shape index (κ2) is 6.78. The quantitative estimate of drug-likeness (QED) is 0.485. The van der Waals surface area contributed by atoms with Crippen molar-refractivity contribution in [2.75, 3.05) is 39.5 Å². The molecule has 136 valence electrons.